The van der Waals surface area contributed by atoms with E-state index < -0.39 is 0 Å². The van der Waals surface area contributed by atoms with Gasteiger partial charge < -0.3 is 10.1 Å². The molecule has 1 aliphatic heterocycles. The number of carbonyl (C=O) groups excluding carboxylic acids is 1. The molecule has 158 valence electrons. The number of carbonyl (C=O) groups is 1. The van der Waals surface area contributed by atoms with Gasteiger partial charge in [0.1, 0.15) is 5.75 Å². The first-order chi connectivity index (χ1) is 15.7. The Morgan fingerprint density at radius 3 is 2.53 bits per heavy atom. The molecular formula is C26H21N3O2S. The van der Waals surface area contributed by atoms with E-state index in [2.05, 4.69) is 17.1 Å². The number of para-hydroxylation sites is 2. The number of aromatic amines is 1. The highest BCUT2D eigenvalue weighted by molar-refractivity contribution is 8.18. The standard InChI is InChI=1S/C26H21N3O2S/c30-21-12-10-18(11-13-21)16-24-25(31)29(26(32-24)28-20-6-2-1-3-7-20)15-14-19-17-27-23-9-5-4-8-22(19)23/h1-13,16-17,27,30H,14-15H2/b24-16-,28-26?. The lowest BCUT2D eigenvalue weighted by molar-refractivity contribution is -0.122. The maximum Gasteiger partial charge on any atom is 0.266 e. The van der Waals surface area contributed by atoms with Crippen LogP contribution in [0.3, 0.4) is 0 Å². The van der Waals surface area contributed by atoms with Gasteiger partial charge in [0, 0.05) is 23.6 Å². The Balaban J connectivity index is 1.45. The molecule has 1 aromatic heterocycles. The maximum absolute atomic E-state index is 13.3. The van der Waals surface area contributed by atoms with Gasteiger partial charge in [0.05, 0.1) is 10.6 Å². The molecule has 32 heavy (non-hydrogen) atoms. The minimum atomic E-state index is -0.0578. The third kappa shape index (κ3) is 4.18. The fraction of sp³-hybridized carbons (Fsp3) is 0.0769. The zero-order valence-electron chi connectivity index (χ0n) is 17.2. The zero-order valence-corrected chi connectivity index (χ0v) is 18.0. The van der Waals surface area contributed by atoms with E-state index in [9.17, 15) is 9.90 Å². The fourth-order valence-corrected chi connectivity index (χ4v) is 4.72. The number of fused-ring (bicyclic) bond motifs is 1. The van der Waals surface area contributed by atoms with Crippen LogP contribution in [-0.2, 0) is 11.2 Å². The molecule has 3 aromatic carbocycles. The average Bonchev–Trinajstić information content (AvgIpc) is 3.35. The average molecular weight is 440 g/mol. The third-order valence-electron chi connectivity index (χ3n) is 5.34. The van der Waals surface area contributed by atoms with Gasteiger partial charge in [0.15, 0.2) is 5.17 Å². The van der Waals surface area contributed by atoms with Crippen LogP contribution >= 0.6 is 11.8 Å². The molecule has 2 heterocycles. The molecule has 2 N–H and O–H groups in total. The quantitative estimate of drug-likeness (QED) is 0.391. The molecule has 1 aliphatic rings. The molecule has 0 atom stereocenters. The number of aromatic hydroxyl groups is 1. The second-order valence-electron chi connectivity index (χ2n) is 7.50. The highest BCUT2D eigenvalue weighted by Gasteiger charge is 2.33. The van der Waals surface area contributed by atoms with Gasteiger partial charge in [-0.3, -0.25) is 9.69 Å². The number of phenolic OH excluding ortho intramolecular Hbond substituents is 1. The summed E-state index contributed by atoms with van der Waals surface area (Å²) in [6, 6.07) is 24.7. The van der Waals surface area contributed by atoms with Crippen molar-refractivity contribution in [2.75, 3.05) is 6.54 Å². The summed E-state index contributed by atoms with van der Waals surface area (Å²) >= 11 is 1.38. The lowest BCUT2D eigenvalue weighted by atomic mass is 10.1. The minimum absolute atomic E-state index is 0.0578. The Morgan fingerprint density at radius 1 is 0.969 bits per heavy atom. The van der Waals surface area contributed by atoms with E-state index in [0.717, 1.165) is 23.2 Å². The summed E-state index contributed by atoms with van der Waals surface area (Å²) in [6.45, 7) is 0.534. The van der Waals surface area contributed by atoms with Crippen LogP contribution in [0.15, 0.2) is 95.0 Å². The Kier molecular flexibility index (Phi) is 5.52. The second kappa shape index (κ2) is 8.77. The lowest BCUT2D eigenvalue weighted by Gasteiger charge is -2.15. The van der Waals surface area contributed by atoms with Crippen molar-refractivity contribution in [3.05, 3.63) is 101 Å². The maximum atomic E-state index is 13.3. The molecule has 6 heteroatoms. The molecule has 5 nitrogen and oxygen atoms in total. The predicted octanol–water partition coefficient (Wildman–Crippen LogP) is 5.72. The van der Waals surface area contributed by atoms with Crippen LogP contribution in [0, 0.1) is 0 Å². The van der Waals surface area contributed by atoms with Crippen molar-refractivity contribution in [3.63, 3.8) is 0 Å². The van der Waals surface area contributed by atoms with E-state index in [4.69, 9.17) is 4.99 Å². The predicted molar refractivity (Wildman–Crippen MR) is 131 cm³/mol. The molecule has 1 amide bonds. The number of amidine groups is 1. The molecule has 0 aliphatic carbocycles. The molecule has 0 unspecified atom stereocenters. The lowest BCUT2D eigenvalue weighted by Crippen LogP contribution is -2.31. The summed E-state index contributed by atoms with van der Waals surface area (Å²) in [4.78, 5) is 23.7. The van der Waals surface area contributed by atoms with Crippen LogP contribution in [0.4, 0.5) is 5.69 Å². The van der Waals surface area contributed by atoms with Crippen molar-refractivity contribution < 1.29 is 9.90 Å². The van der Waals surface area contributed by atoms with Crippen LogP contribution in [0.25, 0.3) is 17.0 Å². The Morgan fingerprint density at radius 2 is 1.72 bits per heavy atom. The third-order valence-corrected chi connectivity index (χ3v) is 6.35. The van der Waals surface area contributed by atoms with Crippen molar-refractivity contribution >= 4 is 45.5 Å². The highest BCUT2D eigenvalue weighted by Crippen LogP contribution is 2.34. The van der Waals surface area contributed by atoms with Crippen molar-refractivity contribution in [1.82, 2.24) is 9.88 Å². The number of aliphatic imine (C=N–C) groups is 1. The van der Waals surface area contributed by atoms with Crippen molar-refractivity contribution in [2.45, 2.75) is 6.42 Å². The molecule has 0 spiro atoms. The van der Waals surface area contributed by atoms with Crippen LogP contribution < -0.4 is 0 Å². The van der Waals surface area contributed by atoms with Crippen LogP contribution in [0.1, 0.15) is 11.1 Å². The SMILES string of the molecule is O=C1/C(=C/c2ccc(O)cc2)SC(=Nc2ccccc2)N1CCc1c[nH]c2ccccc12. The van der Waals surface area contributed by atoms with Gasteiger partial charge in [-0.1, -0.05) is 48.5 Å². The number of hydrogen-bond donors (Lipinski definition) is 2. The first kappa shape index (κ1) is 20.2. The van der Waals surface area contributed by atoms with Crippen LogP contribution in [0.2, 0.25) is 0 Å². The fourth-order valence-electron chi connectivity index (χ4n) is 3.69. The molecule has 1 fully saturated rings. The topological polar surface area (TPSA) is 68.7 Å². The van der Waals surface area contributed by atoms with E-state index in [1.54, 1.807) is 29.2 Å². The Labute approximate surface area is 190 Å². The van der Waals surface area contributed by atoms with Gasteiger partial charge in [-0.2, -0.15) is 0 Å². The molecule has 4 aromatic rings. The number of rotatable bonds is 5. The molecule has 1 saturated heterocycles. The first-order valence-electron chi connectivity index (χ1n) is 10.4. The minimum Gasteiger partial charge on any atom is -0.508 e. The monoisotopic (exact) mass is 439 g/mol. The largest absolute Gasteiger partial charge is 0.508 e. The number of thioether (sulfide) groups is 1. The van der Waals surface area contributed by atoms with Crippen molar-refractivity contribution in [3.8, 4) is 5.75 Å². The van der Waals surface area contributed by atoms with Gasteiger partial charge in [-0.15, -0.1) is 0 Å². The molecule has 0 bridgehead atoms. The van der Waals surface area contributed by atoms with E-state index in [-0.39, 0.29) is 11.7 Å². The number of H-pyrrole nitrogens is 1. The zero-order chi connectivity index (χ0) is 21.9. The van der Waals surface area contributed by atoms with Gasteiger partial charge in [-0.05, 0) is 65.7 Å². The Hall–Kier alpha value is -3.77. The second-order valence-corrected chi connectivity index (χ2v) is 8.51. The van der Waals surface area contributed by atoms with E-state index in [0.29, 0.717) is 16.6 Å². The van der Waals surface area contributed by atoms with Crippen molar-refractivity contribution in [2.24, 2.45) is 4.99 Å². The summed E-state index contributed by atoms with van der Waals surface area (Å²) in [6.07, 6.45) is 4.58. The number of nitrogens with one attached hydrogen (secondary N) is 1. The van der Waals surface area contributed by atoms with Gasteiger partial charge in [-0.25, -0.2) is 4.99 Å². The van der Waals surface area contributed by atoms with E-state index in [1.165, 1.54) is 22.7 Å². The number of nitrogens with zero attached hydrogens (tertiary/aromatic N) is 2. The van der Waals surface area contributed by atoms with Gasteiger partial charge >= 0.3 is 0 Å². The number of hydrogen-bond acceptors (Lipinski definition) is 4. The number of benzene rings is 3. The molecular weight excluding hydrogens is 418 g/mol. The summed E-state index contributed by atoms with van der Waals surface area (Å²) in [5.41, 5.74) is 3.94. The smallest absolute Gasteiger partial charge is 0.266 e. The number of phenols is 1. The van der Waals surface area contributed by atoms with Crippen LogP contribution in [-0.4, -0.2) is 32.6 Å². The number of amides is 1. The Bertz CT molecular complexity index is 1320. The van der Waals surface area contributed by atoms with Gasteiger partial charge in [0.25, 0.3) is 5.91 Å². The van der Waals surface area contributed by atoms with E-state index >= 15 is 0 Å². The summed E-state index contributed by atoms with van der Waals surface area (Å²) in [5, 5.41) is 11.4. The number of aromatic nitrogens is 1. The molecule has 0 radical (unpaired) electrons. The first-order valence-corrected chi connectivity index (χ1v) is 11.2. The van der Waals surface area contributed by atoms with E-state index in [1.807, 2.05) is 54.7 Å². The van der Waals surface area contributed by atoms with Gasteiger partial charge in [0.2, 0.25) is 0 Å². The summed E-state index contributed by atoms with van der Waals surface area (Å²) in [5.74, 6) is 0.141. The molecule has 0 saturated carbocycles. The van der Waals surface area contributed by atoms with Crippen molar-refractivity contribution in [1.29, 1.82) is 0 Å². The molecule has 5 rings (SSSR count). The summed E-state index contributed by atoms with van der Waals surface area (Å²) in [7, 11) is 0. The normalized spacial score (nSPS) is 16.5. The van der Waals surface area contributed by atoms with Crippen LogP contribution in [0.5, 0.6) is 5.75 Å². The highest BCUT2D eigenvalue weighted by atomic mass is 32.2. The summed E-state index contributed by atoms with van der Waals surface area (Å²) < 4.78 is 0.